The van der Waals surface area contributed by atoms with Gasteiger partial charge in [0.25, 0.3) is 5.91 Å². The van der Waals surface area contributed by atoms with Gasteiger partial charge in [-0.25, -0.2) is 0 Å². The van der Waals surface area contributed by atoms with Gasteiger partial charge in [0.1, 0.15) is 0 Å². The summed E-state index contributed by atoms with van der Waals surface area (Å²) in [4.78, 5) is 24.9. The van der Waals surface area contributed by atoms with E-state index in [0.29, 0.717) is 30.9 Å². The fourth-order valence-corrected chi connectivity index (χ4v) is 5.02. The number of anilines is 1. The SMILES string of the molecule is C=C(NCCN1CCCC1(C)C)c1cnc(C)c(NC(=O)/C(CC)=C2\C=CC(/C(C=NC3COC3)=C/N)=CN2)c1. The number of pyridine rings is 1. The molecule has 214 valence electrons. The Kier molecular flexibility index (Phi) is 9.60. The Morgan fingerprint density at radius 2 is 2.17 bits per heavy atom. The number of likely N-dealkylation sites (tertiary alicyclic amines) is 1. The van der Waals surface area contributed by atoms with Crippen LogP contribution in [0.5, 0.6) is 0 Å². The van der Waals surface area contributed by atoms with E-state index in [1.807, 2.05) is 38.3 Å². The topological polar surface area (TPSA) is 117 Å². The first kappa shape index (κ1) is 29.3. The first-order valence-electron chi connectivity index (χ1n) is 14.1. The molecular formula is C31H43N7O2. The number of aromatic nitrogens is 1. The lowest BCUT2D eigenvalue weighted by molar-refractivity contribution is -0.113. The van der Waals surface area contributed by atoms with Crippen LogP contribution < -0.4 is 21.7 Å². The number of ether oxygens (including phenoxy) is 1. The molecule has 0 aliphatic carbocycles. The first-order chi connectivity index (χ1) is 19.2. The van der Waals surface area contributed by atoms with Gasteiger partial charge in [-0.1, -0.05) is 19.6 Å². The van der Waals surface area contributed by atoms with Crippen molar-refractivity contribution < 1.29 is 9.53 Å². The third-order valence-electron chi connectivity index (χ3n) is 7.80. The van der Waals surface area contributed by atoms with Gasteiger partial charge in [0, 0.05) is 77.1 Å². The Labute approximate surface area is 238 Å². The summed E-state index contributed by atoms with van der Waals surface area (Å²) in [5, 5.41) is 9.75. The van der Waals surface area contributed by atoms with Gasteiger partial charge in [-0.15, -0.1) is 0 Å². The number of rotatable bonds is 11. The van der Waals surface area contributed by atoms with E-state index in [4.69, 9.17) is 10.5 Å². The molecule has 0 aromatic carbocycles. The van der Waals surface area contributed by atoms with Crippen molar-refractivity contribution >= 4 is 23.5 Å². The zero-order valence-corrected chi connectivity index (χ0v) is 24.2. The molecule has 1 amide bonds. The minimum absolute atomic E-state index is 0.176. The maximum Gasteiger partial charge on any atom is 0.253 e. The van der Waals surface area contributed by atoms with Crippen LogP contribution in [0.1, 0.15) is 51.3 Å². The van der Waals surface area contributed by atoms with Gasteiger partial charge in [-0.05, 0) is 58.7 Å². The Hall–Kier alpha value is -3.69. The van der Waals surface area contributed by atoms with Crippen molar-refractivity contribution in [1.29, 1.82) is 0 Å². The number of carbonyl (C=O) groups excluding carboxylic acids is 1. The molecule has 0 bridgehead atoms. The number of amides is 1. The van der Waals surface area contributed by atoms with Crippen molar-refractivity contribution in [2.24, 2.45) is 10.7 Å². The second kappa shape index (κ2) is 13.1. The van der Waals surface area contributed by atoms with Crippen LogP contribution in [0.25, 0.3) is 5.70 Å². The second-order valence-electron chi connectivity index (χ2n) is 11.0. The van der Waals surface area contributed by atoms with Crippen molar-refractivity contribution in [1.82, 2.24) is 20.5 Å². The van der Waals surface area contributed by atoms with Crippen LogP contribution in [0.15, 0.2) is 70.8 Å². The van der Waals surface area contributed by atoms with Crippen molar-refractivity contribution in [3.8, 4) is 0 Å². The van der Waals surface area contributed by atoms with E-state index < -0.39 is 0 Å². The standard InChI is InChI=1S/C31H43N7O2/c1-6-27(28-9-8-23(16-36-28)25(15-32)18-35-26-19-40-20-26)30(39)37-29-14-24(17-34-22(29)3)21(2)33-11-13-38-12-7-10-31(38,4)5/h8-9,14-18,26,33,36H,2,6-7,10-13,19-20,32H2,1,3-5H3,(H,37,39)/b25-15+,28-27+,35-18?. The lowest BCUT2D eigenvalue weighted by Crippen LogP contribution is -2.41. The van der Waals surface area contributed by atoms with Gasteiger partial charge in [0.15, 0.2) is 0 Å². The highest BCUT2D eigenvalue weighted by atomic mass is 16.5. The van der Waals surface area contributed by atoms with Gasteiger partial charge in [-0.2, -0.15) is 0 Å². The van der Waals surface area contributed by atoms with E-state index in [0.717, 1.165) is 53.4 Å². The Balaban J connectivity index is 1.38. The molecule has 1 aromatic rings. The molecule has 2 saturated heterocycles. The molecule has 0 unspecified atom stereocenters. The largest absolute Gasteiger partial charge is 0.404 e. The minimum atomic E-state index is -0.176. The monoisotopic (exact) mass is 545 g/mol. The van der Waals surface area contributed by atoms with E-state index in [1.54, 1.807) is 12.4 Å². The third kappa shape index (κ3) is 7.08. The zero-order chi connectivity index (χ0) is 28.7. The van der Waals surface area contributed by atoms with Crippen LogP contribution in [0.3, 0.4) is 0 Å². The number of hydrogen-bond acceptors (Lipinski definition) is 8. The third-order valence-corrected chi connectivity index (χ3v) is 7.80. The quantitative estimate of drug-likeness (QED) is 0.247. The van der Waals surface area contributed by atoms with Crippen molar-refractivity contribution in [3.63, 3.8) is 0 Å². The minimum Gasteiger partial charge on any atom is -0.404 e. The summed E-state index contributed by atoms with van der Waals surface area (Å²) in [5.41, 5.74) is 12.2. The molecule has 3 aliphatic heterocycles. The highest BCUT2D eigenvalue weighted by Crippen LogP contribution is 2.27. The lowest BCUT2D eigenvalue weighted by atomic mass is 10.0. The molecule has 0 spiro atoms. The number of dihydropyridines is 1. The molecule has 4 rings (SSSR count). The van der Waals surface area contributed by atoms with E-state index in [9.17, 15) is 4.79 Å². The molecule has 1 aromatic heterocycles. The van der Waals surface area contributed by atoms with Gasteiger partial charge in [0.05, 0.1) is 30.6 Å². The number of carbonyl (C=O) groups is 1. The highest BCUT2D eigenvalue weighted by molar-refractivity contribution is 6.05. The van der Waals surface area contributed by atoms with Crippen LogP contribution >= 0.6 is 0 Å². The smallest absolute Gasteiger partial charge is 0.253 e. The van der Waals surface area contributed by atoms with E-state index in [-0.39, 0.29) is 17.5 Å². The number of allylic oxidation sites excluding steroid dienone is 4. The maximum atomic E-state index is 13.3. The number of hydrogen-bond donors (Lipinski definition) is 4. The molecule has 9 heteroatoms. The van der Waals surface area contributed by atoms with Crippen LogP contribution in [0.2, 0.25) is 0 Å². The predicted molar refractivity (Wildman–Crippen MR) is 163 cm³/mol. The molecule has 3 aliphatic rings. The maximum absolute atomic E-state index is 13.3. The number of nitrogens with two attached hydrogens (primary N) is 1. The number of aliphatic imine (C=N–C) groups is 1. The molecule has 40 heavy (non-hydrogen) atoms. The summed E-state index contributed by atoms with van der Waals surface area (Å²) in [6.07, 6.45) is 13.8. The fourth-order valence-electron chi connectivity index (χ4n) is 5.02. The van der Waals surface area contributed by atoms with Crippen molar-refractivity contribution in [2.75, 3.05) is 38.2 Å². The van der Waals surface area contributed by atoms with Crippen LogP contribution in [0, 0.1) is 6.92 Å². The Bertz CT molecular complexity index is 1270. The predicted octanol–water partition coefficient (Wildman–Crippen LogP) is 3.78. The fraction of sp³-hybridized carbons (Fsp3) is 0.452. The molecular weight excluding hydrogens is 502 g/mol. The Morgan fingerprint density at radius 1 is 1.38 bits per heavy atom. The summed E-state index contributed by atoms with van der Waals surface area (Å²) in [5.74, 6) is -0.176. The number of nitrogens with one attached hydrogen (secondary N) is 3. The second-order valence-corrected chi connectivity index (χ2v) is 11.0. The lowest BCUT2D eigenvalue weighted by Gasteiger charge is -2.31. The van der Waals surface area contributed by atoms with Crippen LogP contribution in [-0.4, -0.2) is 66.4 Å². The highest BCUT2D eigenvalue weighted by Gasteiger charge is 2.31. The Morgan fingerprint density at radius 3 is 2.77 bits per heavy atom. The average molecular weight is 546 g/mol. The number of nitrogens with zero attached hydrogens (tertiary/aromatic N) is 3. The van der Waals surface area contributed by atoms with Crippen molar-refractivity contribution in [2.45, 2.75) is 58.5 Å². The average Bonchev–Trinajstić information content (AvgIpc) is 3.25. The van der Waals surface area contributed by atoms with Crippen LogP contribution in [-0.2, 0) is 9.53 Å². The van der Waals surface area contributed by atoms with Gasteiger partial charge >= 0.3 is 0 Å². The molecule has 2 fully saturated rings. The summed E-state index contributed by atoms with van der Waals surface area (Å²) in [6.45, 7) is 16.9. The van der Waals surface area contributed by atoms with Gasteiger partial charge < -0.3 is 26.4 Å². The first-order valence-corrected chi connectivity index (χ1v) is 14.1. The summed E-state index contributed by atoms with van der Waals surface area (Å²) in [6, 6.07) is 2.12. The molecule has 0 atom stereocenters. The molecule has 0 saturated carbocycles. The van der Waals surface area contributed by atoms with Crippen molar-refractivity contribution in [3.05, 3.63) is 77.1 Å². The molecule has 9 nitrogen and oxygen atoms in total. The number of aryl methyl sites for hydroxylation is 1. The molecule has 4 heterocycles. The van der Waals surface area contributed by atoms with E-state index in [1.165, 1.54) is 19.0 Å². The molecule has 0 radical (unpaired) electrons. The van der Waals surface area contributed by atoms with E-state index >= 15 is 0 Å². The summed E-state index contributed by atoms with van der Waals surface area (Å²) < 4.78 is 5.17. The zero-order valence-electron chi connectivity index (χ0n) is 24.2. The van der Waals surface area contributed by atoms with Gasteiger partial charge in [-0.3, -0.25) is 19.7 Å². The van der Waals surface area contributed by atoms with E-state index in [2.05, 4.69) is 51.3 Å². The van der Waals surface area contributed by atoms with Gasteiger partial charge in [0.2, 0.25) is 0 Å². The summed E-state index contributed by atoms with van der Waals surface area (Å²) in [7, 11) is 0. The normalized spacial score (nSPS) is 20.6. The summed E-state index contributed by atoms with van der Waals surface area (Å²) >= 11 is 0. The van der Waals surface area contributed by atoms with Crippen LogP contribution in [0.4, 0.5) is 5.69 Å². The molecule has 5 N–H and O–H groups in total.